The molecule has 87 heavy (non-hydrogen) atoms. The Bertz CT molecular complexity index is 3050. The zero-order valence-electron chi connectivity index (χ0n) is 50.0. The second kappa shape index (κ2) is 32.7. The van der Waals surface area contributed by atoms with Crippen LogP contribution in [0.1, 0.15) is 88.5 Å². The molecule has 6 heterocycles. The fourth-order valence-electron chi connectivity index (χ4n) is 10.8. The molecule has 0 bridgehead atoms. The molecule has 4 aliphatic heterocycles. The topological polar surface area (TPSA) is 309 Å². The molecule has 8 rings (SSSR count). The molecule has 0 radical (unpaired) electrons. The molecule has 1 aromatic carbocycles. The van der Waals surface area contributed by atoms with E-state index in [1.807, 2.05) is 11.5 Å². The minimum Gasteiger partial charge on any atom is -0.458 e. The van der Waals surface area contributed by atoms with Gasteiger partial charge in [-0.1, -0.05) is 32.5 Å². The third-order valence-corrected chi connectivity index (χ3v) is 16.7. The number of imide groups is 1. The van der Waals surface area contributed by atoms with Gasteiger partial charge in [0, 0.05) is 59.0 Å². The lowest BCUT2D eigenvalue weighted by Crippen LogP contribution is -2.53. The van der Waals surface area contributed by atoms with Crippen LogP contribution in [0.2, 0.25) is 0 Å². The van der Waals surface area contributed by atoms with Gasteiger partial charge in [-0.3, -0.25) is 38.5 Å². The van der Waals surface area contributed by atoms with Crippen molar-refractivity contribution in [3.05, 3.63) is 68.4 Å². The van der Waals surface area contributed by atoms with E-state index in [2.05, 4.69) is 21.3 Å². The van der Waals surface area contributed by atoms with Gasteiger partial charge in [-0.2, -0.15) is 0 Å². The molecule has 1 saturated carbocycles. The number of aromatic nitrogens is 2. The average Bonchev–Trinajstić information content (AvgIpc) is 1.70. The quantitative estimate of drug-likeness (QED) is 0.0246. The molecule has 2 aromatic heterocycles. The third kappa shape index (κ3) is 17.5. The summed E-state index contributed by atoms with van der Waals surface area (Å²) in [7, 11) is 0. The van der Waals surface area contributed by atoms with Crippen molar-refractivity contribution < 1.29 is 81.3 Å². The molecule has 26 heteroatoms. The molecule has 5 N–H and O–H groups in total. The van der Waals surface area contributed by atoms with Crippen LogP contribution < -0.4 is 26.8 Å². The van der Waals surface area contributed by atoms with E-state index in [1.165, 1.54) is 28.8 Å². The Morgan fingerprint density at radius 2 is 1.31 bits per heavy atom. The van der Waals surface area contributed by atoms with Gasteiger partial charge in [-0.25, -0.2) is 9.78 Å². The van der Waals surface area contributed by atoms with Crippen LogP contribution in [0.15, 0.2) is 45.4 Å². The van der Waals surface area contributed by atoms with Crippen molar-refractivity contribution >= 4 is 75.8 Å². The van der Waals surface area contributed by atoms with Gasteiger partial charge in [0.25, 0.3) is 17.4 Å². The van der Waals surface area contributed by atoms with Gasteiger partial charge >= 0.3 is 5.97 Å². The molecular weight excluding hydrogens is 1150 g/mol. The number of fused-ring (bicyclic) bond motifs is 5. The number of esters is 1. The van der Waals surface area contributed by atoms with E-state index in [1.54, 1.807) is 50.5 Å². The predicted molar refractivity (Wildman–Crippen MR) is 318 cm³/mol. The summed E-state index contributed by atoms with van der Waals surface area (Å²) in [4.78, 5) is 110. The predicted octanol–water partition coefficient (Wildman–Crippen LogP) is 3.11. The number of hydrogen-bond acceptors (Lipinski definition) is 20. The van der Waals surface area contributed by atoms with Crippen molar-refractivity contribution in [2.24, 2.45) is 17.8 Å². The van der Waals surface area contributed by atoms with Gasteiger partial charge in [-0.15, -0.1) is 0 Å². The Balaban J connectivity index is 0.594. The lowest BCUT2D eigenvalue weighted by Gasteiger charge is -2.31. The van der Waals surface area contributed by atoms with E-state index < -0.39 is 35.5 Å². The van der Waals surface area contributed by atoms with Gasteiger partial charge in [0.05, 0.1) is 140 Å². The van der Waals surface area contributed by atoms with Crippen molar-refractivity contribution in [2.75, 3.05) is 124 Å². The number of hydrogen-bond donors (Lipinski definition) is 5. The molecule has 25 nitrogen and oxygen atoms in total. The number of carbonyl (C=O) groups is 7. The number of thioether (sulfide) groups is 1. The van der Waals surface area contributed by atoms with Crippen LogP contribution in [0.25, 0.3) is 28.4 Å². The first kappa shape index (κ1) is 66.5. The number of anilines is 1. The van der Waals surface area contributed by atoms with Crippen LogP contribution in [0, 0.1) is 17.8 Å². The van der Waals surface area contributed by atoms with E-state index >= 15 is 0 Å². The fourth-order valence-corrected chi connectivity index (χ4v) is 11.7. The maximum atomic E-state index is 13.8. The number of aliphatic hydroxyl groups is 1. The summed E-state index contributed by atoms with van der Waals surface area (Å²) in [5.41, 5.74) is 1.95. The number of amides is 6. The summed E-state index contributed by atoms with van der Waals surface area (Å²) in [6.45, 7) is 13.5. The summed E-state index contributed by atoms with van der Waals surface area (Å²) in [5.74, 6) is -2.80. The zero-order valence-corrected chi connectivity index (χ0v) is 50.8. The molecule has 0 saturated heterocycles. The minimum absolute atomic E-state index is 0.0104. The Hall–Kier alpha value is -6.46. The van der Waals surface area contributed by atoms with Crippen molar-refractivity contribution in [2.45, 2.75) is 102 Å². The first-order valence-electron chi connectivity index (χ1n) is 29.9. The van der Waals surface area contributed by atoms with E-state index in [0.29, 0.717) is 128 Å². The second-order valence-electron chi connectivity index (χ2n) is 22.0. The summed E-state index contributed by atoms with van der Waals surface area (Å²) in [6, 6.07) is 3.29. The van der Waals surface area contributed by atoms with Gasteiger partial charge in [0.1, 0.15) is 18.7 Å². The standard InChI is InChI=1S/C61H81N7O18S/c1-5-61(77)45-34-48-54-43(36-67(48)59(75)44(45)37-86-60(61)76)42-15-33-87-55-47(11-10-46(64-54)52(42)55)65-56(72)39(4)63-58(74)53(38(2)3)66-49(69)14-17-78-19-21-80-23-25-82-27-29-84-31-32-85-30-28-83-26-24-81-22-20-79-18-16-62-57(73)41-8-6-40(7-9-41)35-68-50(70)12-13-51(68)71/h10-13,15,33-34,38-41,53,77H,5-9,14,16-32,35-37H2,1-4H3,(H,62,73)(H,63,74)(H,65,72)(H,66,69)/t39-,40?,41?,53-,61-/m0/s1. The highest BCUT2D eigenvalue weighted by Crippen LogP contribution is 2.47. The number of nitrogens with zero attached hydrogens (tertiary/aromatic N) is 3. The maximum absolute atomic E-state index is 13.8. The minimum atomic E-state index is -1.95. The summed E-state index contributed by atoms with van der Waals surface area (Å²) in [6.07, 6.45) is 7.67. The number of carbonyl (C=O) groups excluding carboxylic acids is 7. The highest BCUT2D eigenvalue weighted by Gasteiger charge is 2.46. The molecule has 3 atom stereocenters. The van der Waals surface area contributed by atoms with Gasteiger partial charge in [0.15, 0.2) is 5.60 Å². The van der Waals surface area contributed by atoms with Crippen molar-refractivity contribution in [1.29, 1.82) is 0 Å². The van der Waals surface area contributed by atoms with Crippen molar-refractivity contribution in [3.63, 3.8) is 0 Å². The molecule has 3 aromatic rings. The highest BCUT2D eigenvalue weighted by atomic mass is 32.2. The Morgan fingerprint density at radius 3 is 1.89 bits per heavy atom. The summed E-state index contributed by atoms with van der Waals surface area (Å²) in [5, 5.41) is 25.4. The summed E-state index contributed by atoms with van der Waals surface area (Å²) < 4.78 is 51.1. The third-order valence-electron chi connectivity index (χ3n) is 15.7. The number of ether oxygens (including phenoxy) is 9. The summed E-state index contributed by atoms with van der Waals surface area (Å²) >= 11 is 1.40. The van der Waals surface area contributed by atoms with E-state index in [0.717, 1.165) is 47.1 Å². The van der Waals surface area contributed by atoms with Crippen LogP contribution in [0.3, 0.4) is 0 Å². The number of rotatable bonds is 37. The first-order chi connectivity index (χ1) is 42.1. The van der Waals surface area contributed by atoms with Crippen molar-refractivity contribution in [3.8, 4) is 11.4 Å². The van der Waals surface area contributed by atoms with Crippen LogP contribution in [0.5, 0.6) is 0 Å². The van der Waals surface area contributed by atoms with Gasteiger partial charge in [0.2, 0.25) is 23.6 Å². The van der Waals surface area contributed by atoms with E-state index in [4.69, 9.17) is 47.6 Å². The fraction of sp³-hybridized carbons (Fsp3) is 0.590. The van der Waals surface area contributed by atoms with Crippen LogP contribution in [-0.4, -0.2) is 192 Å². The second-order valence-corrected chi connectivity index (χ2v) is 22.9. The lowest BCUT2D eigenvalue weighted by atomic mass is 9.81. The number of benzene rings is 1. The van der Waals surface area contributed by atoms with Gasteiger partial charge in [-0.05, 0) is 86.1 Å². The molecule has 1 fully saturated rings. The number of pyridine rings is 2. The molecule has 474 valence electrons. The molecule has 6 amide bonds. The van der Waals surface area contributed by atoms with E-state index in [-0.39, 0.29) is 97.3 Å². The van der Waals surface area contributed by atoms with Crippen LogP contribution in [-0.2, 0) is 94.9 Å². The number of nitrogens with one attached hydrogen (secondary N) is 4. The van der Waals surface area contributed by atoms with Crippen LogP contribution >= 0.6 is 11.8 Å². The SMILES string of the molecule is CC[C@@]1(O)C(=O)OCc2c1cc1n(c2=O)Cc2c-1nc1ccc(NC(=O)[C@H](C)NC(=O)[C@@H](NC(=O)CCOCCOCCOCCOCCOCCOCCOCCOCCNC(=O)C3CCC(CN4C(=O)C=CC4=O)CC3)C(C)C)c3c1c2C=CS3. The normalized spacial score (nSPS) is 19.0. The van der Waals surface area contributed by atoms with Crippen LogP contribution in [0.4, 0.5) is 5.69 Å². The monoisotopic (exact) mass is 1230 g/mol. The van der Waals surface area contributed by atoms with Crippen molar-refractivity contribution in [1.82, 2.24) is 30.4 Å². The number of cyclic esters (lactones) is 1. The molecule has 0 unspecified atom stereocenters. The molecule has 0 spiro atoms. The Morgan fingerprint density at radius 1 is 0.736 bits per heavy atom. The molecular formula is C61H81N7O18S. The Labute approximate surface area is 509 Å². The lowest BCUT2D eigenvalue weighted by molar-refractivity contribution is -0.172. The first-order valence-corrected chi connectivity index (χ1v) is 30.8. The van der Waals surface area contributed by atoms with Gasteiger partial charge < -0.3 is 73.6 Å². The largest absolute Gasteiger partial charge is 0.458 e. The Kier molecular flexibility index (Phi) is 25.0. The van der Waals surface area contributed by atoms with E-state index in [9.17, 15) is 43.5 Å². The highest BCUT2D eigenvalue weighted by molar-refractivity contribution is 8.02. The zero-order chi connectivity index (χ0) is 61.9. The maximum Gasteiger partial charge on any atom is 0.343 e. The average molecular weight is 1230 g/mol. The smallest absolute Gasteiger partial charge is 0.343 e. The molecule has 5 aliphatic rings. The molecule has 1 aliphatic carbocycles.